The minimum absolute atomic E-state index is 0.00883. The SMILES string of the molecule is CCNc1cc(C(F)(F)F)c2nc1-c1nnc(o1)[C@@](O)(C(F)(F)F)CCCCC[C@@H](C1CC1)O2. The van der Waals surface area contributed by atoms with E-state index in [1.165, 1.54) is 0 Å². The van der Waals surface area contributed by atoms with E-state index in [0.717, 1.165) is 18.9 Å². The van der Waals surface area contributed by atoms with Crippen molar-refractivity contribution in [1.82, 2.24) is 15.2 Å². The second-order valence-electron chi connectivity index (χ2n) is 8.63. The van der Waals surface area contributed by atoms with E-state index >= 15 is 0 Å². The minimum atomic E-state index is -5.10. The van der Waals surface area contributed by atoms with Gasteiger partial charge in [0, 0.05) is 6.54 Å². The zero-order chi connectivity index (χ0) is 24.7. The molecule has 2 atom stereocenters. The van der Waals surface area contributed by atoms with Gasteiger partial charge in [-0.1, -0.05) is 6.42 Å². The molecule has 4 bridgehead atoms. The first-order valence-corrected chi connectivity index (χ1v) is 11.1. The zero-order valence-electron chi connectivity index (χ0n) is 18.3. The molecule has 2 aliphatic rings. The van der Waals surface area contributed by atoms with Crippen molar-refractivity contribution in [3.63, 3.8) is 0 Å². The molecule has 3 heterocycles. The molecule has 1 fully saturated rings. The average molecular weight is 494 g/mol. The summed E-state index contributed by atoms with van der Waals surface area (Å²) in [5, 5.41) is 20.2. The molecule has 4 rings (SSSR count). The molecule has 0 amide bonds. The second-order valence-corrected chi connectivity index (χ2v) is 8.63. The van der Waals surface area contributed by atoms with Crippen LogP contribution in [0.2, 0.25) is 0 Å². The molecule has 0 spiro atoms. The molecular weight excluding hydrogens is 470 g/mol. The van der Waals surface area contributed by atoms with E-state index in [-0.39, 0.29) is 30.3 Å². The number of nitrogens with zero attached hydrogens (tertiary/aromatic N) is 3. The van der Waals surface area contributed by atoms with E-state index in [1.54, 1.807) is 6.92 Å². The number of rotatable bonds is 3. The molecular formula is C21H24F6N4O3. The molecule has 1 saturated carbocycles. The summed E-state index contributed by atoms with van der Waals surface area (Å²) in [6, 6.07) is 0.775. The maximum absolute atomic E-state index is 13.9. The highest BCUT2D eigenvalue weighted by atomic mass is 19.4. The highest BCUT2D eigenvalue weighted by Gasteiger charge is 2.58. The lowest BCUT2D eigenvalue weighted by Crippen LogP contribution is -2.42. The van der Waals surface area contributed by atoms with Crippen molar-refractivity contribution in [2.24, 2.45) is 5.92 Å². The average Bonchev–Trinajstić information content (AvgIpc) is 3.47. The molecule has 0 aromatic carbocycles. The molecule has 13 heteroatoms. The molecule has 2 aromatic rings. The molecule has 2 N–H and O–H groups in total. The van der Waals surface area contributed by atoms with Gasteiger partial charge in [0.05, 0.1) is 5.69 Å². The number of alkyl halides is 6. The van der Waals surface area contributed by atoms with Crippen molar-refractivity contribution in [3.8, 4) is 17.5 Å². The van der Waals surface area contributed by atoms with Crippen LogP contribution in [0.5, 0.6) is 5.88 Å². The topological polar surface area (TPSA) is 93.3 Å². The number of anilines is 1. The monoisotopic (exact) mass is 494 g/mol. The van der Waals surface area contributed by atoms with Crippen molar-refractivity contribution in [3.05, 3.63) is 17.5 Å². The van der Waals surface area contributed by atoms with Gasteiger partial charge in [-0.15, -0.1) is 10.2 Å². The van der Waals surface area contributed by atoms with Crippen LogP contribution in [0.25, 0.3) is 11.6 Å². The van der Waals surface area contributed by atoms with Gasteiger partial charge in [-0.2, -0.15) is 26.3 Å². The Morgan fingerprint density at radius 1 is 1.09 bits per heavy atom. The van der Waals surface area contributed by atoms with E-state index in [0.29, 0.717) is 19.3 Å². The Balaban J connectivity index is 1.88. The molecule has 1 aliphatic carbocycles. The number of nitrogens with one attached hydrogen (secondary N) is 1. The summed E-state index contributed by atoms with van der Waals surface area (Å²) in [7, 11) is 0. The summed E-state index contributed by atoms with van der Waals surface area (Å²) >= 11 is 0. The Bertz CT molecular complexity index is 1020. The van der Waals surface area contributed by atoms with Crippen molar-refractivity contribution < 1.29 is 40.6 Å². The van der Waals surface area contributed by atoms with Crippen LogP contribution in [0.15, 0.2) is 10.5 Å². The lowest BCUT2D eigenvalue weighted by Gasteiger charge is -2.27. The molecule has 1 aliphatic heterocycles. The summed E-state index contributed by atoms with van der Waals surface area (Å²) in [5.74, 6) is -2.29. The fraction of sp³-hybridized carbons (Fsp3) is 0.667. The van der Waals surface area contributed by atoms with E-state index < -0.39 is 53.7 Å². The lowest BCUT2D eigenvalue weighted by molar-refractivity contribution is -0.277. The van der Waals surface area contributed by atoms with Gasteiger partial charge in [0.25, 0.3) is 11.8 Å². The van der Waals surface area contributed by atoms with Gasteiger partial charge >= 0.3 is 12.4 Å². The van der Waals surface area contributed by atoms with Crippen molar-refractivity contribution >= 4 is 5.69 Å². The van der Waals surface area contributed by atoms with Gasteiger partial charge in [-0.3, -0.25) is 0 Å². The van der Waals surface area contributed by atoms with E-state index in [2.05, 4.69) is 20.5 Å². The first-order chi connectivity index (χ1) is 15.9. The van der Waals surface area contributed by atoms with Gasteiger partial charge < -0.3 is 19.6 Å². The van der Waals surface area contributed by atoms with E-state index in [4.69, 9.17) is 9.15 Å². The minimum Gasteiger partial charge on any atom is -0.474 e. The van der Waals surface area contributed by atoms with Crippen LogP contribution in [0.3, 0.4) is 0 Å². The van der Waals surface area contributed by atoms with Gasteiger partial charge in [0.2, 0.25) is 11.5 Å². The van der Waals surface area contributed by atoms with Crippen LogP contribution in [-0.4, -0.2) is 39.1 Å². The first-order valence-electron chi connectivity index (χ1n) is 11.1. The van der Waals surface area contributed by atoms with Crippen LogP contribution in [0.1, 0.15) is 63.3 Å². The van der Waals surface area contributed by atoms with Crippen LogP contribution >= 0.6 is 0 Å². The van der Waals surface area contributed by atoms with Crippen LogP contribution in [0.4, 0.5) is 32.0 Å². The van der Waals surface area contributed by atoms with Crippen LogP contribution < -0.4 is 10.1 Å². The smallest absolute Gasteiger partial charge is 0.426 e. The third-order valence-electron chi connectivity index (χ3n) is 6.05. The number of aliphatic hydroxyl groups is 1. The molecule has 34 heavy (non-hydrogen) atoms. The largest absolute Gasteiger partial charge is 0.474 e. The van der Waals surface area contributed by atoms with Crippen molar-refractivity contribution in [2.45, 2.75) is 75.9 Å². The highest BCUT2D eigenvalue weighted by molar-refractivity contribution is 5.70. The number of halogens is 6. The number of fused-ring (bicyclic) bond motifs is 5. The van der Waals surface area contributed by atoms with Gasteiger partial charge in [-0.25, -0.2) is 4.98 Å². The Morgan fingerprint density at radius 3 is 2.44 bits per heavy atom. The Hall–Kier alpha value is -2.57. The molecule has 7 nitrogen and oxygen atoms in total. The van der Waals surface area contributed by atoms with Gasteiger partial charge in [-0.05, 0) is 57.4 Å². The maximum Gasteiger partial charge on any atom is 0.426 e. The van der Waals surface area contributed by atoms with E-state index in [9.17, 15) is 31.4 Å². The molecule has 2 aromatic heterocycles. The lowest BCUT2D eigenvalue weighted by atomic mass is 9.94. The fourth-order valence-electron chi connectivity index (χ4n) is 4.04. The summed E-state index contributed by atoms with van der Waals surface area (Å²) in [6.45, 7) is 1.81. The third kappa shape index (κ3) is 4.80. The van der Waals surface area contributed by atoms with Crippen LogP contribution in [0, 0.1) is 5.92 Å². The number of pyridine rings is 1. The normalized spacial score (nSPS) is 24.3. The number of aromatic nitrogens is 3. The molecule has 0 radical (unpaired) electrons. The number of hydrogen-bond donors (Lipinski definition) is 2. The quantitative estimate of drug-likeness (QED) is 0.548. The number of ether oxygens (including phenoxy) is 1. The summed E-state index contributed by atoms with van der Waals surface area (Å²) in [5.41, 5.74) is -4.96. The summed E-state index contributed by atoms with van der Waals surface area (Å²) in [4.78, 5) is 4.00. The Kier molecular flexibility index (Phi) is 6.42. The maximum atomic E-state index is 13.9. The van der Waals surface area contributed by atoms with E-state index in [1.807, 2.05) is 0 Å². The van der Waals surface area contributed by atoms with Crippen molar-refractivity contribution in [1.29, 1.82) is 0 Å². The Labute approximate surface area is 190 Å². The Morgan fingerprint density at radius 2 is 1.82 bits per heavy atom. The zero-order valence-corrected chi connectivity index (χ0v) is 18.3. The first kappa shape index (κ1) is 24.6. The molecule has 0 unspecified atom stereocenters. The van der Waals surface area contributed by atoms with Crippen molar-refractivity contribution in [2.75, 3.05) is 11.9 Å². The van der Waals surface area contributed by atoms with Crippen LogP contribution in [-0.2, 0) is 11.8 Å². The standard InChI is InChI=1S/C21H24F6N4O3/c1-2-28-13-10-12(20(22,23)24)16-29-15(13)17-30-31-18(34-17)19(32,21(25,26)27)9-5-3-4-6-14(33-16)11-7-8-11/h10-11,14,28,32H,2-9H2,1H3/t14-,19+/m0/s1. The molecule has 188 valence electrons. The number of hydrogen-bond acceptors (Lipinski definition) is 7. The highest BCUT2D eigenvalue weighted by Crippen LogP contribution is 2.46. The summed E-state index contributed by atoms with van der Waals surface area (Å²) in [6.07, 6.45) is -8.51. The fourth-order valence-corrected chi connectivity index (χ4v) is 4.04. The summed E-state index contributed by atoms with van der Waals surface area (Å²) < 4.78 is 93.9. The predicted molar refractivity (Wildman–Crippen MR) is 107 cm³/mol. The predicted octanol–water partition coefficient (Wildman–Crippen LogP) is 5.45. The van der Waals surface area contributed by atoms with Gasteiger partial charge in [0.1, 0.15) is 11.7 Å². The second kappa shape index (κ2) is 8.90. The molecule has 0 saturated heterocycles. The third-order valence-corrected chi connectivity index (χ3v) is 6.05. The van der Waals surface area contributed by atoms with Gasteiger partial charge in [0.15, 0.2) is 5.69 Å².